The number of carbonyl (C=O) groups excluding carboxylic acids is 1. The van der Waals surface area contributed by atoms with Gasteiger partial charge in [-0.15, -0.1) is 0 Å². The Kier molecular flexibility index (Phi) is 5.54. The number of benzene rings is 2. The number of fused-ring (bicyclic) bond motifs is 1. The van der Waals surface area contributed by atoms with Crippen molar-refractivity contribution in [2.45, 2.75) is 26.1 Å². The van der Waals surface area contributed by atoms with Crippen molar-refractivity contribution in [2.75, 3.05) is 6.54 Å². The number of alkyl halides is 3. The molecule has 0 aliphatic carbocycles. The van der Waals surface area contributed by atoms with Gasteiger partial charge >= 0.3 is 6.18 Å². The molecule has 2 aromatic carbocycles. The van der Waals surface area contributed by atoms with Crippen LogP contribution in [0, 0.1) is 0 Å². The summed E-state index contributed by atoms with van der Waals surface area (Å²) in [4.78, 5) is 18.8. The summed E-state index contributed by atoms with van der Waals surface area (Å²) in [6.45, 7) is 2.82. The highest BCUT2D eigenvalue weighted by atomic mass is 19.4. The van der Waals surface area contributed by atoms with E-state index in [1.165, 1.54) is 12.1 Å². The van der Waals surface area contributed by atoms with Crippen molar-refractivity contribution in [1.29, 1.82) is 0 Å². The molecule has 0 atom stereocenters. The first-order chi connectivity index (χ1) is 14.8. The molecule has 0 N–H and O–H groups in total. The minimum atomic E-state index is -4.39. The Balaban J connectivity index is 1.50. The van der Waals surface area contributed by atoms with Gasteiger partial charge < -0.3 is 14.2 Å². The van der Waals surface area contributed by atoms with Crippen LogP contribution in [0.4, 0.5) is 13.2 Å². The molecule has 31 heavy (non-hydrogen) atoms. The molecule has 1 aliphatic heterocycles. The van der Waals surface area contributed by atoms with E-state index in [1.807, 2.05) is 12.1 Å². The molecule has 0 unspecified atom stereocenters. The fourth-order valence-corrected chi connectivity index (χ4v) is 3.56. The Morgan fingerprint density at radius 3 is 2.48 bits per heavy atom. The highest BCUT2D eigenvalue weighted by molar-refractivity contribution is 6.13. The summed E-state index contributed by atoms with van der Waals surface area (Å²) in [5, 5.41) is 0. The van der Waals surface area contributed by atoms with E-state index < -0.39 is 11.7 Å². The van der Waals surface area contributed by atoms with Crippen LogP contribution >= 0.6 is 0 Å². The fourth-order valence-electron chi connectivity index (χ4n) is 3.56. The SMILES string of the molecule is CC=C(C(=O)N1CCc2ccc(Oc3ccc(C(F)(F)F)cc3)cc2C1)n1ccnc1. The van der Waals surface area contributed by atoms with Crippen LogP contribution in [-0.2, 0) is 23.9 Å². The molecule has 0 radical (unpaired) electrons. The first kappa shape index (κ1) is 20.7. The average molecular weight is 427 g/mol. The number of halogens is 3. The fraction of sp³-hybridized carbons (Fsp3) is 0.217. The standard InChI is InChI=1S/C23H20F3N3O2/c1-2-21(29-12-10-27-15-29)22(30)28-11-9-16-3-6-20(13-17(16)14-28)31-19-7-4-18(5-8-19)23(24,25)26/h2-8,10,12-13,15H,9,11,14H2,1H3. The summed E-state index contributed by atoms with van der Waals surface area (Å²) in [7, 11) is 0. The van der Waals surface area contributed by atoms with Gasteiger partial charge in [-0.3, -0.25) is 4.79 Å². The zero-order chi connectivity index (χ0) is 22.0. The number of amides is 1. The van der Waals surface area contributed by atoms with E-state index >= 15 is 0 Å². The second kappa shape index (κ2) is 8.29. The predicted molar refractivity (Wildman–Crippen MR) is 109 cm³/mol. The number of allylic oxidation sites excluding steroid dienone is 1. The third kappa shape index (κ3) is 4.47. The molecular weight excluding hydrogens is 407 g/mol. The lowest BCUT2D eigenvalue weighted by Gasteiger charge is -2.30. The Labute approximate surface area is 177 Å². The van der Waals surface area contributed by atoms with Crippen LogP contribution in [-0.4, -0.2) is 26.9 Å². The Morgan fingerprint density at radius 2 is 1.84 bits per heavy atom. The summed E-state index contributed by atoms with van der Waals surface area (Å²) >= 11 is 0. The smallest absolute Gasteiger partial charge is 0.416 e. The van der Waals surface area contributed by atoms with Gasteiger partial charge in [0.1, 0.15) is 17.2 Å². The van der Waals surface area contributed by atoms with Gasteiger partial charge in [0.05, 0.1) is 11.9 Å². The zero-order valence-electron chi connectivity index (χ0n) is 16.8. The number of ether oxygens (including phenoxy) is 1. The van der Waals surface area contributed by atoms with Gasteiger partial charge in [-0.25, -0.2) is 4.98 Å². The van der Waals surface area contributed by atoms with Crippen LogP contribution in [0.5, 0.6) is 11.5 Å². The highest BCUT2D eigenvalue weighted by Crippen LogP contribution is 2.32. The summed E-state index contributed by atoms with van der Waals surface area (Å²) < 4.78 is 45.6. The maximum Gasteiger partial charge on any atom is 0.416 e. The van der Waals surface area contributed by atoms with Crippen LogP contribution in [0.2, 0.25) is 0 Å². The molecule has 0 spiro atoms. The van der Waals surface area contributed by atoms with Gasteiger partial charge in [0.15, 0.2) is 0 Å². The van der Waals surface area contributed by atoms with Crippen LogP contribution in [0.1, 0.15) is 23.6 Å². The molecule has 1 aromatic heterocycles. The first-order valence-electron chi connectivity index (χ1n) is 9.76. The van der Waals surface area contributed by atoms with Crippen molar-refractivity contribution in [1.82, 2.24) is 14.5 Å². The van der Waals surface area contributed by atoms with Gasteiger partial charge in [0, 0.05) is 25.5 Å². The lowest BCUT2D eigenvalue weighted by molar-refractivity contribution is -0.137. The Bertz CT molecular complexity index is 1100. The van der Waals surface area contributed by atoms with Gasteiger partial charge in [0.2, 0.25) is 0 Å². The van der Waals surface area contributed by atoms with Gasteiger partial charge in [-0.1, -0.05) is 12.1 Å². The first-order valence-corrected chi connectivity index (χ1v) is 9.76. The van der Waals surface area contributed by atoms with Crippen LogP contribution in [0.3, 0.4) is 0 Å². The third-order valence-corrected chi connectivity index (χ3v) is 5.17. The van der Waals surface area contributed by atoms with Crippen molar-refractivity contribution >= 4 is 11.6 Å². The molecule has 8 heteroatoms. The molecule has 4 rings (SSSR count). The second-order valence-electron chi connectivity index (χ2n) is 7.18. The summed E-state index contributed by atoms with van der Waals surface area (Å²) in [6.07, 6.45) is 3.00. The Hall–Kier alpha value is -3.55. The van der Waals surface area contributed by atoms with Gasteiger partial charge in [0.25, 0.3) is 5.91 Å². The molecule has 3 aromatic rings. The number of imidazole rings is 1. The minimum Gasteiger partial charge on any atom is -0.457 e. The number of hydrogen-bond acceptors (Lipinski definition) is 3. The van der Waals surface area contributed by atoms with E-state index in [2.05, 4.69) is 4.98 Å². The van der Waals surface area contributed by atoms with Crippen LogP contribution in [0.15, 0.2) is 67.3 Å². The molecule has 160 valence electrons. The topological polar surface area (TPSA) is 47.4 Å². The number of carbonyl (C=O) groups is 1. The summed E-state index contributed by atoms with van der Waals surface area (Å²) in [5.41, 5.74) is 1.87. The minimum absolute atomic E-state index is 0.0970. The molecule has 0 saturated heterocycles. The number of hydrogen-bond donors (Lipinski definition) is 0. The molecule has 5 nitrogen and oxygen atoms in total. The van der Waals surface area contributed by atoms with E-state index in [0.717, 1.165) is 23.3 Å². The quantitative estimate of drug-likeness (QED) is 0.542. The maximum atomic E-state index is 13.0. The lowest BCUT2D eigenvalue weighted by atomic mass is 9.99. The summed E-state index contributed by atoms with van der Waals surface area (Å²) in [5.74, 6) is 0.724. The summed E-state index contributed by atoms with van der Waals surface area (Å²) in [6, 6.07) is 10.1. The van der Waals surface area contributed by atoms with E-state index in [0.29, 0.717) is 36.7 Å². The maximum absolute atomic E-state index is 13.0. The van der Waals surface area contributed by atoms with Crippen LogP contribution < -0.4 is 4.74 Å². The predicted octanol–water partition coefficient (Wildman–Crippen LogP) is 5.14. The second-order valence-corrected chi connectivity index (χ2v) is 7.18. The molecule has 1 amide bonds. The van der Waals surface area contributed by atoms with E-state index in [4.69, 9.17) is 4.74 Å². The molecular formula is C23H20F3N3O2. The molecule has 0 fully saturated rings. The molecule has 0 bridgehead atoms. The van der Waals surface area contributed by atoms with E-state index in [1.54, 1.807) is 47.3 Å². The molecule has 1 aliphatic rings. The normalized spacial score (nSPS) is 14.3. The monoisotopic (exact) mass is 427 g/mol. The average Bonchev–Trinajstić information content (AvgIpc) is 3.28. The molecule has 2 heterocycles. The van der Waals surface area contributed by atoms with E-state index in [-0.39, 0.29) is 5.91 Å². The van der Waals surface area contributed by atoms with Crippen molar-refractivity contribution < 1.29 is 22.7 Å². The third-order valence-electron chi connectivity index (χ3n) is 5.17. The molecule has 0 saturated carbocycles. The van der Waals surface area contributed by atoms with Crippen LogP contribution in [0.25, 0.3) is 5.70 Å². The van der Waals surface area contributed by atoms with E-state index in [9.17, 15) is 18.0 Å². The lowest BCUT2D eigenvalue weighted by Crippen LogP contribution is -2.37. The number of aromatic nitrogens is 2. The van der Waals surface area contributed by atoms with Crippen molar-refractivity contribution in [3.8, 4) is 11.5 Å². The highest BCUT2D eigenvalue weighted by Gasteiger charge is 2.30. The van der Waals surface area contributed by atoms with Gasteiger partial charge in [-0.2, -0.15) is 13.2 Å². The zero-order valence-corrected chi connectivity index (χ0v) is 16.8. The number of rotatable bonds is 4. The van der Waals surface area contributed by atoms with Crippen molar-refractivity contribution in [3.63, 3.8) is 0 Å². The largest absolute Gasteiger partial charge is 0.457 e. The van der Waals surface area contributed by atoms with Crippen molar-refractivity contribution in [2.24, 2.45) is 0 Å². The Morgan fingerprint density at radius 1 is 1.10 bits per heavy atom. The van der Waals surface area contributed by atoms with Gasteiger partial charge in [-0.05, 0) is 60.9 Å². The number of nitrogens with zero attached hydrogens (tertiary/aromatic N) is 3. The van der Waals surface area contributed by atoms with Crippen molar-refractivity contribution in [3.05, 3.63) is 84.0 Å².